The van der Waals surface area contributed by atoms with Gasteiger partial charge in [0.2, 0.25) is 0 Å². The van der Waals surface area contributed by atoms with Crippen molar-refractivity contribution in [2.75, 3.05) is 27.4 Å². The number of methoxy groups -OCH3 is 2. The molecule has 158 valence electrons. The molecule has 29 heavy (non-hydrogen) atoms. The standard InChI is InChI=1S/C23H34N2O3Si/c1-27-21-13-18-19(14-22(21)28-2)25-15-17(8-11-29(3,4)5)23(18)20-12-16(7-10-26)6-9-24-20/h8,11,13-16,20,24,26H,6-7,9-10,12H2,1-5H3. The molecule has 2 N–H and O–H groups in total. The molecule has 1 saturated heterocycles. The number of rotatable bonds is 7. The van der Waals surface area contributed by atoms with Crippen molar-refractivity contribution >= 4 is 25.1 Å². The number of hydrogen-bond acceptors (Lipinski definition) is 5. The van der Waals surface area contributed by atoms with Crippen LogP contribution in [-0.4, -0.2) is 45.5 Å². The number of pyridine rings is 1. The molecule has 0 amide bonds. The van der Waals surface area contributed by atoms with Crippen LogP contribution in [0.1, 0.15) is 36.4 Å². The summed E-state index contributed by atoms with van der Waals surface area (Å²) < 4.78 is 11.1. The number of nitrogens with zero attached hydrogens (tertiary/aromatic N) is 1. The first-order chi connectivity index (χ1) is 13.9. The smallest absolute Gasteiger partial charge is 0.162 e. The number of hydrogen-bond donors (Lipinski definition) is 2. The van der Waals surface area contributed by atoms with Gasteiger partial charge in [-0.1, -0.05) is 31.4 Å². The molecule has 3 rings (SSSR count). The molecule has 0 aliphatic carbocycles. The Labute approximate surface area is 175 Å². The fourth-order valence-corrected chi connectivity index (χ4v) is 4.76. The summed E-state index contributed by atoms with van der Waals surface area (Å²) in [6.45, 7) is 8.22. The maximum absolute atomic E-state index is 9.43. The molecule has 1 aliphatic rings. The quantitative estimate of drug-likeness (QED) is 0.650. The number of aliphatic hydroxyl groups is 1. The molecular formula is C23H34N2O3Si. The van der Waals surface area contributed by atoms with Crippen molar-refractivity contribution in [2.24, 2.45) is 5.92 Å². The van der Waals surface area contributed by atoms with E-state index in [4.69, 9.17) is 14.5 Å². The van der Waals surface area contributed by atoms with Crippen LogP contribution in [0.4, 0.5) is 0 Å². The van der Waals surface area contributed by atoms with E-state index in [1.165, 1.54) is 5.56 Å². The Kier molecular flexibility index (Phi) is 6.98. The fraction of sp³-hybridized carbons (Fsp3) is 0.522. The SMILES string of the molecule is COc1cc2ncc(C=C[Si](C)(C)C)c(C3CC(CCO)CCN3)c2cc1OC. The number of fused-ring (bicyclic) bond motifs is 1. The Morgan fingerprint density at radius 3 is 2.59 bits per heavy atom. The number of aromatic nitrogens is 1. The minimum absolute atomic E-state index is 0.227. The second kappa shape index (κ2) is 9.28. The van der Waals surface area contributed by atoms with Crippen LogP contribution in [0, 0.1) is 5.92 Å². The first kappa shape index (κ1) is 21.8. The zero-order valence-corrected chi connectivity index (χ0v) is 19.3. The van der Waals surface area contributed by atoms with Crippen molar-refractivity contribution in [3.63, 3.8) is 0 Å². The van der Waals surface area contributed by atoms with Crippen LogP contribution in [-0.2, 0) is 0 Å². The molecule has 2 heterocycles. The number of ether oxygens (including phenoxy) is 2. The lowest BCUT2D eigenvalue weighted by atomic mass is 9.84. The van der Waals surface area contributed by atoms with Gasteiger partial charge in [0.05, 0.1) is 27.8 Å². The van der Waals surface area contributed by atoms with Gasteiger partial charge in [0.15, 0.2) is 11.5 Å². The van der Waals surface area contributed by atoms with Gasteiger partial charge in [-0.3, -0.25) is 4.98 Å². The zero-order chi connectivity index (χ0) is 21.0. The number of nitrogens with one attached hydrogen (secondary N) is 1. The molecule has 0 bridgehead atoms. The maximum atomic E-state index is 9.43. The van der Waals surface area contributed by atoms with Crippen molar-refractivity contribution in [3.05, 3.63) is 35.2 Å². The topological polar surface area (TPSA) is 63.6 Å². The van der Waals surface area contributed by atoms with E-state index in [1.54, 1.807) is 14.2 Å². The summed E-state index contributed by atoms with van der Waals surface area (Å²) in [4.78, 5) is 4.74. The van der Waals surface area contributed by atoms with E-state index in [2.05, 4.69) is 42.8 Å². The molecule has 2 unspecified atom stereocenters. The van der Waals surface area contributed by atoms with Crippen molar-refractivity contribution < 1.29 is 14.6 Å². The van der Waals surface area contributed by atoms with Crippen molar-refractivity contribution in [2.45, 2.75) is 44.9 Å². The highest BCUT2D eigenvalue weighted by Crippen LogP contribution is 2.39. The largest absolute Gasteiger partial charge is 0.493 e. The highest BCUT2D eigenvalue weighted by molar-refractivity contribution is 6.81. The lowest BCUT2D eigenvalue weighted by Crippen LogP contribution is -2.32. The van der Waals surface area contributed by atoms with E-state index in [-0.39, 0.29) is 12.6 Å². The van der Waals surface area contributed by atoms with E-state index in [0.29, 0.717) is 11.7 Å². The van der Waals surface area contributed by atoms with Crippen LogP contribution in [0.3, 0.4) is 0 Å². The first-order valence-electron chi connectivity index (χ1n) is 10.4. The highest BCUT2D eigenvalue weighted by Gasteiger charge is 2.26. The number of benzene rings is 1. The summed E-state index contributed by atoms with van der Waals surface area (Å²) in [5.74, 6) is 1.94. The van der Waals surface area contributed by atoms with Crippen molar-refractivity contribution in [3.8, 4) is 11.5 Å². The predicted octanol–water partition coefficient (Wildman–Crippen LogP) is 4.57. The molecular weight excluding hydrogens is 380 g/mol. The predicted molar refractivity (Wildman–Crippen MR) is 122 cm³/mol. The minimum Gasteiger partial charge on any atom is -0.493 e. The van der Waals surface area contributed by atoms with E-state index in [9.17, 15) is 5.11 Å². The van der Waals surface area contributed by atoms with E-state index >= 15 is 0 Å². The average Bonchev–Trinajstić information content (AvgIpc) is 2.70. The molecule has 1 aromatic carbocycles. The minimum atomic E-state index is -1.35. The van der Waals surface area contributed by atoms with Crippen LogP contribution < -0.4 is 14.8 Å². The molecule has 5 nitrogen and oxygen atoms in total. The van der Waals surface area contributed by atoms with Gasteiger partial charge in [-0.2, -0.15) is 0 Å². The lowest BCUT2D eigenvalue weighted by molar-refractivity contribution is 0.216. The Morgan fingerprint density at radius 1 is 1.21 bits per heavy atom. The van der Waals surface area contributed by atoms with Crippen LogP contribution in [0.2, 0.25) is 19.6 Å². The van der Waals surface area contributed by atoms with E-state index in [1.807, 2.05) is 12.3 Å². The van der Waals surface area contributed by atoms with Crippen molar-refractivity contribution in [1.82, 2.24) is 10.3 Å². The molecule has 1 aliphatic heterocycles. The van der Waals surface area contributed by atoms with Gasteiger partial charge in [-0.25, -0.2) is 0 Å². The first-order valence-corrected chi connectivity index (χ1v) is 14.0. The van der Waals surface area contributed by atoms with Gasteiger partial charge in [0.25, 0.3) is 0 Å². The fourth-order valence-electron chi connectivity index (χ4n) is 4.08. The summed E-state index contributed by atoms with van der Waals surface area (Å²) in [5.41, 5.74) is 5.71. The number of piperidine rings is 1. The molecule has 1 aromatic heterocycles. The summed E-state index contributed by atoms with van der Waals surface area (Å²) in [5, 5.41) is 14.2. The Morgan fingerprint density at radius 2 is 1.93 bits per heavy atom. The Bertz CT molecular complexity index is 875. The maximum Gasteiger partial charge on any atom is 0.162 e. The summed E-state index contributed by atoms with van der Waals surface area (Å²) in [7, 11) is 1.97. The molecule has 0 radical (unpaired) electrons. The van der Waals surface area contributed by atoms with Gasteiger partial charge in [-0.15, -0.1) is 0 Å². The van der Waals surface area contributed by atoms with E-state index < -0.39 is 8.07 Å². The third kappa shape index (κ3) is 5.18. The van der Waals surface area contributed by atoms with Crippen LogP contribution in [0.15, 0.2) is 24.0 Å². The van der Waals surface area contributed by atoms with Gasteiger partial charge >= 0.3 is 0 Å². The molecule has 6 heteroatoms. The highest BCUT2D eigenvalue weighted by atomic mass is 28.3. The summed E-state index contributed by atoms with van der Waals surface area (Å²) >= 11 is 0. The molecule has 2 aromatic rings. The van der Waals surface area contributed by atoms with Gasteiger partial charge < -0.3 is 19.9 Å². The molecule has 0 saturated carbocycles. The molecule has 2 atom stereocenters. The van der Waals surface area contributed by atoms with Gasteiger partial charge in [-0.05, 0) is 48.9 Å². The van der Waals surface area contributed by atoms with Crippen molar-refractivity contribution in [1.29, 1.82) is 0 Å². The van der Waals surface area contributed by atoms with Gasteiger partial charge in [0.1, 0.15) is 0 Å². The number of aliphatic hydroxyl groups excluding tert-OH is 1. The zero-order valence-electron chi connectivity index (χ0n) is 18.3. The second-order valence-corrected chi connectivity index (χ2v) is 14.0. The lowest BCUT2D eigenvalue weighted by Gasteiger charge is -2.32. The molecule has 0 spiro atoms. The normalized spacial score (nSPS) is 20.3. The third-order valence-corrected chi connectivity index (χ3v) is 6.77. The van der Waals surface area contributed by atoms with Crippen LogP contribution in [0.25, 0.3) is 17.0 Å². The Balaban J connectivity index is 2.16. The van der Waals surface area contributed by atoms with Gasteiger partial charge in [0, 0.05) is 30.3 Å². The third-order valence-electron chi connectivity index (χ3n) is 5.61. The second-order valence-electron chi connectivity index (χ2n) is 8.96. The average molecular weight is 415 g/mol. The Hall–Kier alpha value is -1.89. The summed E-state index contributed by atoms with van der Waals surface area (Å²) in [6, 6.07) is 4.24. The summed E-state index contributed by atoms with van der Waals surface area (Å²) in [6.07, 6.45) is 7.22. The monoisotopic (exact) mass is 414 g/mol. The molecule has 1 fully saturated rings. The van der Waals surface area contributed by atoms with Crippen LogP contribution in [0.5, 0.6) is 11.5 Å². The van der Waals surface area contributed by atoms with Crippen LogP contribution >= 0.6 is 0 Å². The van der Waals surface area contributed by atoms with E-state index in [0.717, 1.165) is 48.0 Å².